The van der Waals surface area contributed by atoms with E-state index < -0.39 is 0 Å². The summed E-state index contributed by atoms with van der Waals surface area (Å²) in [5.41, 5.74) is 2.21. The number of aryl methyl sites for hydroxylation is 1. The Morgan fingerprint density at radius 3 is 2.88 bits per heavy atom. The molecule has 1 aliphatic carbocycles. The summed E-state index contributed by atoms with van der Waals surface area (Å²) in [4.78, 5) is 12.2. The number of hydrogen-bond donors (Lipinski definition) is 1. The first-order valence-corrected chi connectivity index (χ1v) is 5.95. The number of carbonyl (C=O) groups is 1. The molecule has 0 bridgehead atoms. The number of fused-ring (bicyclic) bond motifs is 1. The molecule has 1 aliphatic heterocycles. The zero-order valence-corrected chi connectivity index (χ0v) is 9.62. The molecule has 4 heteroatoms. The zero-order chi connectivity index (χ0) is 11.2. The molecule has 1 spiro atoms. The largest absolute Gasteiger partial charge is 0.317 e. The average molecular weight is 219 g/mol. The van der Waals surface area contributed by atoms with Crippen LogP contribution < -0.4 is 5.32 Å². The monoisotopic (exact) mass is 219 g/mol. The molecule has 3 rings (SSSR count). The topological polar surface area (TPSA) is 46.9 Å². The molecule has 1 aromatic heterocycles. The van der Waals surface area contributed by atoms with Crippen molar-refractivity contribution in [3.8, 4) is 0 Å². The molecule has 4 nitrogen and oxygen atoms in total. The van der Waals surface area contributed by atoms with Crippen LogP contribution in [0.4, 0.5) is 0 Å². The first-order valence-electron chi connectivity index (χ1n) is 5.95. The third-order valence-electron chi connectivity index (χ3n) is 4.04. The third-order valence-corrected chi connectivity index (χ3v) is 4.04. The van der Waals surface area contributed by atoms with E-state index in [0.29, 0.717) is 6.42 Å². The van der Waals surface area contributed by atoms with E-state index in [1.54, 1.807) is 4.68 Å². The lowest BCUT2D eigenvalue weighted by atomic mass is 9.67. The first kappa shape index (κ1) is 10.0. The SMILES string of the molecule is Cn1ncc2c1C(=O)CC1(CCNCC1)C2. The lowest BCUT2D eigenvalue weighted by Gasteiger charge is -2.39. The minimum atomic E-state index is 0.221. The molecule has 0 radical (unpaired) electrons. The molecular formula is C12H17N3O. The lowest BCUT2D eigenvalue weighted by Crippen LogP contribution is -2.42. The summed E-state index contributed by atoms with van der Waals surface area (Å²) in [6.45, 7) is 2.09. The second-order valence-corrected chi connectivity index (χ2v) is 5.17. The second kappa shape index (κ2) is 3.42. The highest BCUT2D eigenvalue weighted by Gasteiger charge is 2.40. The summed E-state index contributed by atoms with van der Waals surface area (Å²) < 4.78 is 1.73. The summed E-state index contributed by atoms with van der Waals surface area (Å²) in [6, 6.07) is 0. The number of rotatable bonds is 0. The summed E-state index contributed by atoms with van der Waals surface area (Å²) in [7, 11) is 1.86. The van der Waals surface area contributed by atoms with Crippen LogP contribution in [0, 0.1) is 5.41 Å². The van der Waals surface area contributed by atoms with Gasteiger partial charge in [0.2, 0.25) is 0 Å². The first-order chi connectivity index (χ1) is 7.70. The third kappa shape index (κ3) is 1.40. The Hall–Kier alpha value is -1.16. The van der Waals surface area contributed by atoms with Crippen molar-refractivity contribution in [2.24, 2.45) is 12.5 Å². The van der Waals surface area contributed by atoms with Crippen LogP contribution in [0.1, 0.15) is 35.3 Å². The molecular weight excluding hydrogens is 202 g/mol. The van der Waals surface area contributed by atoms with Crippen LogP contribution in [0.3, 0.4) is 0 Å². The number of piperidine rings is 1. The Bertz CT molecular complexity index is 429. The molecule has 0 unspecified atom stereocenters. The van der Waals surface area contributed by atoms with E-state index >= 15 is 0 Å². The number of nitrogens with one attached hydrogen (secondary N) is 1. The van der Waals surface area contributed by atoms with E-state index in [1.165, 1.54) is 0 Å². The van der Waals surface area contributed by atoms with Crippen molar-refractivity contribution in [1.82, 2.24) is 15.1 Å². The van der Waals surface area contributed by atoms with E-state index in [0.717, 1.165) is 43.6 Å². The van der Waals surface area contributed by atoms with Crippen LogP contribution in [0.5, 0.6) is 0 Å². The number of aromatic nitrogens is 2. The number of carbonyl (C=O) groups excluding carboxylic acids is 1. The molecule has 1 saturated heterocycles. The Morgan fingerprint density at radius 2 is 2.12 bits per heavy atom. The Morgan fingerprint density at radius 1 is 1.38 bits per heavy atom. The van der Waals surface area contributed by atoms with Crippen molar-refractivity contribution in [1.29, 1.82) is 0 Å². The summed E-state index contributed by atoms with van der Waals surface area (Å²) in [6.07, 6.45) is 5.85. The van der Waals surface area contributed by atoms with Gasteiger partial charge in [-0.1, -0.05) is 0 Å². The lowest BCUT2D eigenvalue weighted by molar-refractivity contribution is 0.0825. The van der Waals surface area contributed by atoms with E-state index in [2.05, 4.69) is 10.4 Å². The molecule has 16 heavy (non-hydrogen) atoms. The van der Waals surface area contributed by atoms with Gasteiger partial charge in [-0.2, -0.15) is 5.10 Å². The van der Waals surface area contributed by atoms with Gasteiger partial charge < -0.3 is 5.32 Å². The normalized spacial score (nSPS) is 23.4. The van der Waals surface area contributed by atoms with Crippen LogP contribution >= 0.6 is 0 Å². The van der Waals surface area contributed by atoms with Gasteiger partial charge in [-0.3, -0.25) is 9.48 Å². The highest BCUT2D eigenvalue weighted by atomic mass is 16.1. The van der Waals surface area contributed by atoms with Crippen LogP contribution in [0.2, 0.25) is 0 Å². The fourth-order valence-corrected chi connectivity index (χ4v) is 3.17. The Kier molecular flexibility index (Phi) is 2.14. The standard InChI is InChI=1S/C12H17N3O/c1-15-11-9(8-14-15)6-12(7-10(11)16)2-4-13-5-3-12/h8,13H,2-7H2,1H3. The number of hydrogen-bond acceptors (Lipinski definition) is 3. The molecule has 1 fully saturated rings. The van der Waals surface area contributed by atoms with Crippen LogP contribution in [0.25, 0.3) is 0 Å². The fraction of sp³-hybridized carbons (Fsp3) is 0.667. The van der Waals surface area contributed by atoms with Gasteiger partial charge in [0.15, 0.2) is 5.78 Å². The molecule has 86 valence electrons. The van der Waals surface area contributed by atoms with Gasteiger partial charge >= 0.3 is 0 Å². The maximum Gasteiger partial charge on any atom is 0.181 e. The van der Waals surface area contributed by atoms with Crippen molar-refractivity contribution < 1.29 is 4.79 Å². The average Bonchev–Trinajstić information content (AvgIpc) is 2.61. The van der Waals surface area contributed by atoms with Gasteiger partial charge in [-0.15, -0.1) is 0 Å². The van der Waals surface area contributed by atoms with E-state index in [-0.39, 0.29) is 11.2 Å². The van der Waals surface area contributed by atoms with E-state index in [1.807, 2.05) is 13.2 Å². The molecule has 0 saturated carbocycles. The van der Waals surface area contributed by atoms with E-state index in [9.17, 15) is 4.79 Å². The maximum absolute atomic E-state index is 12.2. The summed E-state index contributed by atoms with van der Waals surface area (Å²) in [5.74, 6) is 0.281. The fourth-order valence-electron chi connectivity index (χ4n) is 3.17. The van der Waals surface area contributed by atoms with Gasteiger partial charge in [0.25, 0.3) is 0 Å². The van der Waals surface area contributed by atoms with Crippen molar-refractivity contribution in [2.45, 2.75) is 25.7 Å². The summed E-state index contributed by atoms with van der Waals surface area (Å²) >= 11 is 0. The molecule has 0 amide bonds. The maximum atomic E-state index is 12.2. The molecule has 0 atom stereocenters. The molecule has 2 aliphatic rings. The van der Waals surface area contributed by atoms with Gasteiger partial charge in [0.1, 0.15) is 5.69 Å². The molecule has 1 aromatic rings. The number of nitrogens with zero attached hydrogens (tertiary/aromatic N) is 2. The zero-order valence-electron chi connectivity index (χ0n) is 9.62. The highest BCUT2D eigenvalue weighted by molar-refractivity contribution is 5.97. The van der Waals surface area contributed by atoms with Crippen LogP contribution in [0.15, 0.2) is 6.20 Å². The molecule has 0 aromatic carbocycles. The minimum absolute atomic E-state index is 0.221. The highest BCUT2D eigenvalue weighted by Crippen LogP contribution is 2.41. The predicted molar refractivity (Wildman–Crippen MR) is 60.4 cm³/mol. The van der Waals surface area contributed by atoms with Crippen LogP contribution in [-0.2, 0) is 13.5 Å². The van der Waals surface area contributed by atoms with Crippen molar-refractivity contribution in [3.05, 3.63) is 17.5 Å². The molecule has 2 heterocycles. The summed E-state index contributed by atoms with van der Waals surface area (Å²) in [5, 5.41) is 7.58. The quantitative estimate of drug-likeness (QED) is 0.705. The van der Waals surface area contributed by atoms with Crippen LogP contribution in [-0.4, -0.2) is 28.7 Å². The van der Waals surface area contributed by atoms with Crippen molar-refractivity contribution in [2.75, 3.05) is 13.1 Å². The smallest absolute Gasteiger partial charge is 0.181 e. The Labute approximate surface area is 95.0 Å². The Balaban J connectivity index is 1.97. The second-order valence-electron chi connectivity index (χ2n) is 5.17. The number of Topliss-reactive ketones (excluding diaryl/α,β-unsaturated/α-hetero) is 1. The van der Waals surface area contributed by atoms with E-state index in [4.69, 9.17) is 0 Å². The minimum Gasteiger partial charge on any atom is -0.317 e. The van der Waals surface area contributed by atoms with Crippen molar-refractivity contribution >= 4 is 5.78 Å². The number of ketones is 1. The van der Waals surface area contributed by atoms with Gasteiger partial charge in [-0.05, 0) is 37.8 Å². The van der Waals surface area contributed by atoms with Gasteiger partial charge in [0, 0.05) is 19.0 Å². The predicted octanol–water partition coefficient (Wildman–Crippen LogP) is 0.919. The van der Waals surface area contributed by atoms with Crippen molar-refractivity contribution in [3.63, 3.8) is 0 Å². The van der Waals surface area contributed by atoms with Gasteiger partial charge in [-0.25, -0.2) is 0 Å². The van der Waals surface area contributed by atoms with Gasteiger partial charge in [0.05, 0.1) is 6.20 Å². The molecule has 1 N–H and O–H groups in total.